The molecule has 5 nitrogen and oxygen atoms in total. The Hall–Kier alpha value is -2.37. The maximum absolute atomic E-state index is 13.2. The van der Waals surface area contributed by atoms with Crippen LogP contribution in [-0.2, 0) is 11.3 Å². The summed E-state index contributed by atoms with van der Waals surface area (Å²) < 4.78 is 0. The van der Waals surface area contributed by atoms with Gasteiger partial charge >= 0.3 is 0 Å². The van der Waals surface area contributed by atoms with Gasteiger partial charge in [0.15, 0.2) is 0 Å². The van der Waals surface area contributed by atoms with Gasteiger partial charge in [0.1, 0.15) is 0 Å². The molecule has 1 unspecified atom stereocenters. The Morgan fingerprint density at radius 3 is 2.29 bits per heavy atom. The van der Waals surface area contributed by atoms with Crippen LogP contribution in [0.5, 0.6) is 0 Å². The summed E-state index contributed by atoms with van der Waals surface area (Å²) >= 11 is 6.22. The number of carbonyl (C=O) groups excluding carboxylic acids is 2. The Morgan fingerprint density at radius 1 is 0.943 bits per heavy atom. The first-order valence-corrected chi connectivity index (χ1v) is 13.4. The second-order valence-electron chi connectivity index (χ2n) is 10.6. The van der Waals surface area contributed by atoms with E-state index in [0.717, 1.165) is 85.6 Å². The maximum Gasteiger partial charge on any atom is 0.254 e. The van der Waals surface area contributed by atoms with E-state index in [4.69, 9.17) is 11.6 Å². The Bertz CT molecular complexity index is 1070. The van der Waals surface area contributed by atoms with E-state index in [1.807, 2.05) is 55.1 Å². The number of halogens is 1. The van der Waals surface area contributed by atoms with Crippen molar-refractivity contribution in [3.63, 3.8) is 0 Å². The molecule has 186 valence electrons. The molecule has 1 aliphatic carbocycles. The molecule has 1 atom stereocenters. The summed E-state index contributed by atoms with van der Waals surface area (Å²) in [4.78, 5) is 33.1. The molecule has 2 heterocycles. The Morgan fingerprint density at radius 2 is 1.63 bits per heavy atom. The van der Waals surface area contributed by atoms with Crippen LogP contribution in [0.25, 0.3) is 0 Å². The minimum atomic E-state index is 0.168. The van der Waals surface area contributed by atoms with Gasteiger partial charge in [-0.15, -0.1) is 0 Å². The zero-order valence-electron chi connectivity index (χ0n) is 20.9. The largest absolute Gasteiger partial charge is 0.339 e. The number of piperidine rings is 1. The van der Waals surface area contributed by atoms with E-state index in [9.17, 15) is 9.59 Å². The number of hydrogen-bond donors (Lipinski definition) is 0. The molecule has 3 aliphatic rings. The predicted octanol–water partition coefficient (Wildman–Crippen LogP) is 5.07. The summed E-state index contributed by atoms with van der Waals surface area (Å²) in [5.41, 5.74) is 4.07. The van der Waals surface area contributed by atoms with Gasteiger partial charge in [-0.1, -0.05) is 41.9 Å². The van der Waals surface area contributed by atoms with Gasteiger partial charge in [0, 0.05) is 61.3 Å². The molecular formula is C29H36ClN3O2. The number of nitrogens with zero attached hydrogens (tertiary/aromatic N) is 3. The highest BCUT2D eigenvalue weighted by Gasteiger charge is 2.40. The molecule has 5 rings (SSSR count). The molecule has 2 amide bonds. The minimum Gasteiger partial charge on any atom is -0.339 e. The smallest absolute Gasteiger partial charge is 0.254 e. The Balaban J connectivity index is 1.20. The van der Waals surface area contributed by atoms with Crippen molar-refractivity contribution in [3.8, 4) is 0 Å². The van der Waals surface area contributed by atoms with Crippen LogP contribution in [0.4, 0.5) is 0 Å². The third kappa shape index (κ3) is 5.41. The Labute approximate surface area is 214 Å². The number of aryl methyl sites for hydroxylation is 2. The van der Waals surface area contributed by atoms with Crippen LogP contribution in [0.1, 0.15) is 59.2 Å². The topological polar surface area (TPSA) is 43.9 Å². The molecule has 3 fully saturated rings. The first-order chi connectivity index (χ1) is 16.9. The van der Waals surface area contributed by atoms with Crippen LogP contribution in [0, 0.1) is 19.8 Å². The molecule has 0 spiro atoms. The summed E-state index contributed by atoms with van der Waals surface area (Å²) in [6.45, 7) is 8.22. The average molecular weight is 494 g/mol. The van der Waals surface area contributed by atoms with Crippen LogP contribution in [0.15, 0.2) is 42.5 Å². The average Bonchev–Trinajstić information content (AvgIpc) is 3.59. The second kappa shape index (κ2) is 10.3. The number of hydrogen-bond acceptors (Lipinski definition) is 3. The molecule has 2 saturated heterocycles. The first-order valence-electron chi connectivity index (χ1n) is 13.0. The molecule has 1 saturated carbocycles. The van der Waals surface area contributed by atoms with E-state index in [0.29, 0.717) is 18.5 Å². The fourth-order valence-corrected chi connectivity index (χ4v) is 6.09. The molecule has 35 heavy (non-hydrogen) atoms. The van der Waals surface area contributed by atoms with Crippen molar-refractivity contribution in [3.05, 3.63) is 69.7 Å². The van der Waals surface area contributed by atoms with Gasteiger partial charge in [0.2, 0.25) is 5.91 Å². The van der Waals surface area contributed by atoms with Gasteiger partial charge in [-0.3, -0.25) is 14.5 Å². The number of carbonyl (C=O) groups is 2. The molecule has 0 bridgehead atoms. The second-order valence-corrected chi connectivity index (χ2v) is 11.0. The minimum absolute atomic E-state index is 0.168. The van der Waals surface area contributed by atoms with Gasteiger partial charge in [-0.05, 0) is 74.8 Å². The van der Waals surface area contributed by atoms with Crippen molar-refractivity contribution in [2.45, 2.75) is 64.6 Å². The maximum atomic E-state index is 13.2. The highest BCUT2D eigenvalue weighted by Crippen LogP contribution is 2.34. The van der Waals surface area contributed by atoms with Crippen LogP contribution < -0.4 is 0 Å². The predicted molar refractivity (Wildman–Crippen MR) is 140 cm³/mol. The number of benzene rings is 2. The quantitative estimate of drug-likeness (QED) is 0.564. The van der Waals surface area contributed by atoms with Crippen molar-refractivity contribution >= 4 is 23.4 Å². The van der Waals surface area contributed by atoms with Crippen LogP contribution >= 0.6 is 11.6 Å². The lowest BCUT2D eigenvalue weighted by molar-refractivity contribution is -0.135. The van der Waals surface area contributed by atoms with Gasteiger partial charge in [-0.2, -0.15) is 0 Å². The van der Waals surface area contributed by atoms with Crippen LogP contribution in [-0.4, -0.2) is 64.8 Å². The van der Waals surface area contributed by atoms with Crippen molar-refractivity contribution in [2.24, 2.45) is 5.92 Å². The molecule has 0 aromatic heterocycles. The highest BCUT2D eigenvalue weighted by atomic mass is 35.5. The highest BCUT2D eigenvalue weighted by molar-refractivity contribution is 6.30. The lowest BCUT2D eigenvalue weighted by Crippen LogP contribution is -2.48. The third-order valence-electron chi connectivity index (χ3n) is 8.05. The van der Waals surface area contributed by atoms with E-state index in [-0.39, 0.29) is 17.9 Å². The van der Waals surface area contributed by atoms with E-state index in [1.165, 1.54) is 0 Å². The fraction of sp³-hybridized carbons (Fsp3) is 0.517. The monoisotopic (exact) mass is 493 g/mol. The van der Waals surface area contributed by atoms with E-state index >= 15 is 0 Å². The zero-order chi connectivity index (χ0) is 24.5. The molecule has 0 N–H and O–H groups in total. The summed E-state index contributed by atoms with van der Waals surface area (Å²) in [5.74, 6) is 0.689. The van der Waals surface area contributed by atoms with Crippen LogP contribution in [0.2, 0.25) is 5.02 Å². The van der Waals surface area contributed by atoms with Gasteiger partial charge in [0.25, 0.3) is 5.91 Å². The number of rotatable bonds is 6. The third-order valence-corrected chi connectivity index (χ3v) is 8.29. The Kier molecular flexibility index (Phi) is 7.17. The van der Waals surface area contributed by atoms with Crippen molar-refractivity contribution < 1.29 is 9.59 Å². The van der Waals surface area contributed by atoms with Crippen molar-refractivity contribution in [1.29, 1.82) is 0 Å². The van der Waals surface area contributed by atoms with Gasteiger partial charge in [0.05, 0.1) is 0 Å². The molecule has 2 aromatic rings. The van der Waals surface area contributed by atoms with E-state index in [1.54, 1.807) is 0 Å². The SMILES string of the molecule is Cc1cccc(C)c1C(=O)N1CCC(N2CCC(N(Cc3cccc(Cl)c3)C(=O)C3CC3)C2)CC1. The summed E-state index contributed by atoms with van der Waals surface area (Å²) in [7, 11) is 0. The summed E-state index contributed by atoms with van der Waals surface area (Å²) in [5, 5.41) is 0.719. The van der Waals surface area contributed by atoms with Gasteiger partial charge in [-0.25, -0.2) is 0 Å². The molecule has 0 radical (unpaired) electrons. The molecular weight excluding hydrogens is 458 g/mol. The number of amides is 2. The van der Waals surface area contributed by atoms with Crippen molar-refractivity contribution in [2.75, 3.05) is 26.2 Å². The summed E-state index contributed by atoms with van der Waals surface area (Å²) in [6.07, 6.45) is 5.05. The number of likely N-dealkylation sites (tertiary alicyclic amines) is 2. The van der Waals surface area contributed by atoms with E-state index < -0.39 is 0 Å². The zero-order valence-corrected chi connectivity index (χ0v) is 21.6. The summed E-state index contributed by atoms with van der Waals surface area (Å²) in [6, 6.07) is 14.7. The fourth-order valence-electron chi connectivity index (χ4n) is 5.88. The molecule has 2 aromatic carbocycles. The van der Waals surface area contributed by atoms with Crippen LogP contribution in [0.3, 0.4) is 0 Å². The molecule has 2 aliphatic heterocycles. The normalized spacial score (nSPS) is 21.3. The molecule has 6 heteroatoms. The van der Waals surface area contributed by atoms with E-state index in [2.05, 4.69) is 15.9 Å². The lowest BCUT2D eigenvalue weighted by atomic mass is 9.98. The van der Waals surface area contributed by atoms with Crippen molar-refractivity contribution in [1.82, 2.24) is 14.7 Å². The lowest BCUT2D eigenvalue weighted by Gasteiger charge is -2.37. The van der Waals surface area contributed by atoms with Gasteiger partial charge < -0.3 is 9.80 Å². The standard InChI is InChI=1S/C29H36ClN3O2/c1-20-5-3-6-21(2)27(20)29(35)31-14-11-25(12-15-31)32-16-13-26(19-32)33(28(34)23-9-10-23)18-22-7-4-8-24(30)17-22/h3-8,17,23,25-26H,9-16,18-19H2,1-2H3. The first kappa shape index (κ1) is 24.3.